The molecule has 9 nitrogen and oxygen atoms in total. The molecule has 4 N–H and O–H groups in total. The van der Waals surface area contributed by atoms with E-state index in [1.165, 1.54) is 0 Å². The van der Waals surface area contributed by atoms with Crippen LogP contribution in [0, 0.1) is 5.92 Å². The Balaban J connectivity index is 1.71. The number of sulfone groups is 1. The minimum absolute atomic E-state index is 0.0106. The second kappa shape index (κ2) is 9.55. The summed E-state index contributed by atoms with van der Waals surface area (Å²) in [6.45, 7) is 0. The molecular weight excluding hydrogens is 508 g/mol. The Bertz CT molecular complexity index is 1130. The zero-order valence-corrected chi connectivity index (χ0v) is 19.8. The monoisotopic (exact) mass is 528 g/mol. The van der Waals surface area contributed by atoms with Crippen molar-refractivity contribution in [3.63, 3.8) is 0 Å². The molecule has 0 spiro atoms. The summed E-state index contributed by atoms with van der Waals surface area (Å²) in [7, 11) is -3.60. The molecule has 2 amide bonds. The van der Waals surface area contributed by atoms with Crippen molar-refractivity contribution < 1.29 is 22.8 Å². The van der Waals surface area contributed by atoms with Gasteiger partial charge in [0.05, 0.1) is 9.47 Å². The normalized spacial score (nSPS) is 15.5. The van der Waals surface area contributed by atoms with E-state index in [0.29, 0.717) is 9.35 Å². The molecule has 1 heterocycles. The number of aromatic nitrogens is 1. The van der Waals surface area contributed by atoms with Crippen LogP contribution >= 0.6 is 27.3 Å². The average Bonchev–Trinajstić information content (AvgIpc) is 3.36. The predicted octanol–water partition coefficient (Wildman–Crippen LogP) is 2.86. The lowest BCUT2D eigenvalue weighted by Gasteiger charge is -2.13. The molecule has 2 aromatic rings. The Morgan fingerprint density at radius 1 is 1.16 bits per heavy atom. The smallest absolute Gasteiger partial charge is 0.315 e. The van der Waals surface area contributed by atoms with Gasteiger partial charge in [-0.15, -0.1) is 0 Å². The van der Waals surface area contributed by atoms with Gasteiger partial charge in [-0.2, -0.15) is 0 Å². The van der Waals surface area contributed by atoms with Crippen LogP contribution in [-0.2, 0) is 19.4 Å². The predicted molar refractivity (Wildman–Crippen MR) is 122 cm³/mol. The van der Waals surface area contributed by atoms with Gasteiger partial charge in [-0.05, 0) is 40.9 Å². The van der Waals surface area contributed by atoms with Crippen molar-refractivity contribution in [1.82, 2.24) is 4.98 Å². The minimum Gasteiger partial charge on any atom is -0.317 e. The molecular formula is C19H21BrN4O5S2. The van der Waals surface area contributed by atoms with Crippen molar-refractivity contribution in [2.24, 2.45) is 11.7 Å². The Morgan fingerprint density at radius 3 is 2.42 bits per heavy atom. The first-order chi connectivity index (χ1) is 14.6. The topological polar surface area (TPSA) is 148 Å². The summed E-state index contributed by atoms with van der Waals surface area (Å²) >= 11 is 4.10. The molecule has 166 valence electrons. The van der Waals surface area contributed by atoms with Gasteiger partial charge in [-0.3, -0.25) is 19.7 Å². The highest BCUT2D eigenvalue weighted by molar-refractivity contribution is 9.11. The number of halogens is 1. The number of hydrogen-bond acceptors (Lipinski definition) is 8. The van der Waals surface area contributed by atoms with E-state index in [0.717, 1.165) is 43.3 Å². The molecule has 31 heavy (non-hydrogen) atoms. The highest BCUT2D eigenvalue weighted by atomic mass is 79.9. The molecule has 12 heteroatoms. The summed E-state index contributed by atoms with van der Waals surface area (Å²) < 4.78 is 23.6. The van der Waals surface area contributed by atoms with Crippen molar-refractivity contribution in [2.45, 2.75) is 31.1 Å². The SMILES string of the molecule is CS(=O)(=O)C(N)c1nc(NC(=O)C(=O)Nc2ccccc2C(=O)C2CCCC2)sc1Br. The van der Waals surface area contributed by atoms with Crippen LogP contribution in [0.2, 0.25) is 0 Å². The number of carbonyl (C=O) groups excluding carboxylic acids is 3. The maximum absolute atomic E-state index is 12.8. The summed E-state index contributed by atoms with van der Waals surface area (Å²) in [6, 6.07) is 6.56. The highest BCUT2D eigenvalue weighted by Crippen LogP contribution is 2.33. The van der Waals surface area contributed by atoms with Gasteiger partial charge >= 0.3 is 11.8 Å². The van der Waals surface area contributed by atoms with Crippen LogP contribution in [0.5, 0.6) is 0 Å². The molecule has 1 atom stereocenters. The Hall–Kier alpha value is -2.15. The number of rotatable bonds is 6. The van der Waals surface area contributed by atoms with Gasteiger partial charge in [0, 0.05) is 17.7 Å². The first-order valence-electron chi connectivity index (χ1n) is 9.44. The molecule has 1 fully saturated rings. The van der Waals surface area contributed by atoms with Crippen molar-refractivity contribution in [2.75, 3.05) is 16.9 Å². The number of hydrogen-bond donors (Lipinski definition) is 3. The lowest BCUT2D eigenvalue weighted by Crippen LogP contribution is -2.30. The van der Waals surface area contributed by atoms with E-state index < -0.39 is 27.0 Å². The highest BCUT2D eigenvalue weighted by Gasteiger charge is 2.28. The summed E-state index contributed by atoms with van der Waals surface area (Å²) in [6.07, 6.45) is 4.61. The number of para-hydroxylation sites is 1. The number of anilines is 2. The van der Waals surface area contributed by atoms with E-state index >= 15 is 0 Å². The van der Waals surface area contributed by atoms with Crippen molar-refractivity contribution in [3.8, 4) is 0 Å². The summed E-state index contributed by atoms with van der Waals surface area (Å²) in [5, 5.41) is 3.44. The van der Waals surface area contributed by atoms with E-state index in [1.807, 2.05) is 0 Å². The van der Waals surface area contributed by atoms with Crippen LogP contribution in [0.3, 0.4) is 0 Å². The first kappa shape index (κ1) is 23.5. The number of ketones is 1. The second-order valence-electron chi connectivity index (χ2n) is 7.23. The summed E-state index contributed by atoms with van der Waals surface area (Å²) in [5.74, 6) is -2.11. The third-order valence-electron chi connectivity index (χ3n) is 4.93. The maximum Gasteiger partial charge on any atom is 0.315 e. The molecule has 1 aliphatic carbocycles. The largest absolute Gasteiger partial charge is 0.317 e. The van der Waals surface area contributed by atoms with E-state index in [1.54, 1.807) is 24.3 Å². The lowest BCUT2D eigenvalue weighted by atomic mass is 9.95. The molecule has 1 aromatic carbocycles. The van der Waals surface area contributed by atoms with Crippen LogP contribution in [-0.4, -0.2) is 37.3 Å². The zero-order chi connectivity index (χ0) is 22.8. The van der Waals surface area contributed by atoms with Crippen LogP contribution in [0.4, 0.5) is 10.8 Å². The molecule has 1 unspecified atom stereocenters. The fraction of sp³-hybridized carbons (Fsp3) is 0.368. The van der Waals surface area contributed by atoms with Crippen LogP contribution < -0.4 is 16.4 Å². The van der Waals surface area contributed by atoms with Crippen LogP contribution in [0.1, 0.15) is 47.1 Å². The molecule has 3 rings (SSSR count). The number of carbonyl (C=O) groups is 3. The standard InChI is InChI=1S/C19H21BrN4O5S2/c1-31(28,29)16(21)13-15(20)30-19(23-13)24-18(27)17(26)22-12-9-5-4-8-11(12)14(25)10-6-2-3-7-10/h4-5,8-10,16H,2-3,6-7,21H2,1H3,(H,22,26)(H,23,24,27). The van der Waals surface area contributed by atoms with E-state index in [4.69, 9.17) is 5.73 Å². The number of thiazole rings is 1. The minimum atomic E-state index is -3.60. The van der Waals surface area contributed by atoms with E-state index in [-0.39, 0.29) is 28.2 Å². The molecule has 1 saturated carbocycles. The van der Waals surface area contributed by atoms with Gasteiger partial charge in [0.2, 0.25) is 0 Å². The fourth-order valence-electron chi connectivity index (χ4n) is 3.29. The van der Waals surface area contributed by atoms with E-state index in [9.17, 15) is 22.8 Å². The average molecular weight is 529 g/mol. The number of Topliss-reactive ketones (excluding diaryl/α,β-unsaturated/α-hetero) is 1. The van der Waals surface area contributed by atoms with Gasteiger partial charge in [0.1, 0.15) is 5.69 Å². The van der Waals surface area contributed by atoms with Crippen molar-refractivity contribution in [1.29, 1.82) is 0 Å². The number of amides is 2. The maximum atomic E-state index is 12.8. The van der Waals surface area contributed by atoms with Crippen molar-refractivity contribution in [3.05, 3.63) is 39.3 Å². The summed E-state index contributed by atoms with van der Waals surface area (Å²) in [5.41, 5.74) is 6.35. The number of nitrogens with one attached hydrogen (secondary N) is 2. The van der Waals surface area contributed by atoms with Crippen LogP contribution in [0.25, 0.3) is 0 Å². The Labute approximate surface area is 191 Å². The zero-order valence-electron chi connectivity index (χ0n) is 16.6. The fourth-order valence-corrected chi connectivity index (χ4v) is 5.63. The molecule has 0 bridgehead atoms. The first-order valence-corrected chi connectivity index (χ1v) is 13.0. The molecule has 1 aromatic heterocycles. The second-order valence-corrected chi connectivity index (χ2v) is 11.7. The Kier molecular flexibility index (Phi) is 7.24. The number of benzene rings is 1. The summed E-state index contributed by atoms with van der Waals surface area (Å²) in [4.78, 5) is 41.5. The third kappa shape index (κ3) is 5.56. The van der Waals surface area contributed by atoms with Gasteiger partial charge in [-0.1, -0.05) is 36.3 Å². The van der Waals surface area contributed by atoms with Gasteiger partial charge in [0.25, 0.3) is 0 Å². The molecule has 0 saturated heterocycles. The van der Waals surface area contributed by atoms with Crippen LogP contribution in [0.15, 0.2) is 28.1 Å². The lowest BCUT2D eigenvalue weighted by molar-refractivity contribution is -0.133. The van der Waals surface area contributed by atoms with Crippen molar-refractivity contribution >= 4 is 65.5 Å². The number of nitrogens with zero attached hydrogens (tertiary/aromatic N) is 1. The number of nitrogens with two attached hydrogens (primary N) is 1. The van der Waals surface area contributed by atoms with Gasteiger partial charge < -0.3 is 11.1 Å². The van der Waals surface area contributed by atoms with Gasteiger partial charge in [0.15, 0.2) is 26.1 Å². The quantitative estimate of drug-likeness (QED) is 0.385. The van der Waals surface area contributed by atoms with Gasteiger partial charge in [-0.25, -0.2) is 13.4 Å². The molecule has 0 aliphatic heterocycles. The Morgan fingerprint density at radius 2 is 1.77 bits per heavy atom. The molecule has 0 radical (unpaired) electrons. The van der Waals surface area contributed by atoms with E-state index in [2.05, 4.69) is 31.5 Å². The molecule has 1 aliphatic rings. The third-order valence-corrected chi connectivity index (χ3v) is 7.75.